The van der Waals surface area contributed by atoms with Gasteiger partial charge in [-0.25, -0.2) is 9.97 Å². The summed E-state index contributed by atoms with van der Waals surface area (Å²) in [6.07, 6.45) is 3.24. The lowest BCUT2D eigenvalue weighted by Crippen LogP contribution is -2.45. The van der Waals surface area contributed by atoms with Gasteiger partial charge in [0.1, 0.15) is 0 Å². The Bertz CT molecular complexity index is 424. The molecule has 0 aliphatic carbocycles. The zero-order valence-corrected chi connectivity index (χ0v) is 17.2. The monoisotopic (exact) mass is 456 g/mol. The van der Waals surface area contributed by atoms with E-state index < -0.39 is 0 Å². The fourth-order valence-electron chi connectivity index (χ4n) is 2.31. The summed E-state index contributed by atoms with van der Waals surface area (Å²) in [5.41, 5.74) is 1.19. The van der Waals surface area contributed by atoms with E-state index in [0.29, 0.717) is 4.58 Å². The Balaban J connectivity index is 0.00000110. The first kappa shape index (κ1) is 19.5. The molecule has 21 heavy (non-hydrogen) atoms. The SMILES string of the molecule is Br.Br.CN1CCN(c2nccc(C3SCCCS3)n2)CC1. The summed E-state index contributed by atoms with van der Waals surface area (Å²) >= 11 is 4.04. The van der Waals surface area contributed by atoms with Crippen LogP contribution in [-0.2, 0) is 0 Å². The highest BCUT2D eigenvalue weighted by Crippen LogP contribution is 2.42. The van der Waals surface area contributed by atoms with E-state index in [1.165, 1.54) is 23.6 Å². The number of rotatable bonds is 2. The first-order valence-corrected chi connectivity index (χ1v) is 8.92. The van der Waals surface area contributed by atoms with E-state index in [9.17, 15) is 0 Å². The number of thioether (sulfide) groups is 2. The minimum atomic E-state index is 0. The molecule has 2 saturated heterocycles. The number of hydrogen-bond acceptors (Lipinski definition) is 6. The lowest BCUT2D eigenvalue weighted by molar-refractivity contribution is 0.311. The van der Waals surface area contributed by atoms with Crippen LogP contribution in [0.3, 0.4) is 0 Å². The van der Waals surface area contributed by atoms with Crippen molar-refractivity contribution in [3.63, 3.8) is 0 Å². The molecule has 2 aliphatic rings. The van der Waals surface area contributed by atoms with Crippen LogP contribution >= 0.6 is 57.5 Å². The molecule has 3 rings (SSSR count). The van der Waals surface area contributed by atoms with Crippen LogP contribution in [0, 0.1) is 0 Å². The minimum absolute atomic E-state index is 0. The highest BCUT2D eigenvalue weighted by Gasteiger charge is 2.21. The van der Waals surface area contributed by atoms with E-state index in [1.54, 1.807) is 0 Å². The zero-order chi connectivity index (χ0) is 13.1. The van der Waals surface area contributed by atoms with Gasteiger partial charge >= 0.3 is 0 Å². The van der Waals surface area contributed by atoms with Gasteiger partial charge in [-0.2, -0.15) is 0 Å². The molecule has 0 atom stereocenters. The minimum Gasteiger partial charge on any atom is -0.338 e. The van der Waals surface area contributed by atoms with Crippen molar-refractivity contribution in [3.05, 3.63) is 18.0 Å². The Labute approximate surface area is 156 Å². The molecule has 8 heteroatoms. The van der Waals surface area contributed by atoms with Gasteiger partial charge in [0, 0.05) is 32.4 Å². The average Bonchev–Trinajstić information content (AvgIpc) is 2.49. The quantitative estimate of drug-likeness (QED) is 0.677. The number of nitrogens with zero attached hydrogens (tertiary/aromatic N) is 4. The van der Waals surface area contributed by atoms with E-state index >= 15 is 0 Å². The van der Waals surface area contributed by atoms with Gasteiger partial charge < -0.3 is 9.80 Å². The van der Waals surface area contributed by atoms with Crippen LogP contribution in [0.1, 0.15) is 16.7 Å². The summed E-state index contributed by atoms with van der Waals surface area (Å²) in [5.74, 6) is 3.43. The largest absolute Gasteiger partial charge is 0.338 e. The molecule has 0 aromatic carbocycles. The topological polar surface area (TPSA) is 32.3 Å². The predicted molar refractivity (Wildman–Crippen MR) is 105 cm³/mol. The van der Waals surface area contributed by atoms with Gasteiger partial charge in [0.05, 0.1) is 10.3 Å². The number of anilines is 1. The number of aromatic nitrogens is 2. The summed E-state index contributed by atoms with van der Waals surface area (Å²) in [4.78, 5) is 13.9. The molecule has 0 spiro atoms. The van der Waals surface area contributed by atoms with Gasteiger partial charge in [0.2, 0.25) is 5.95 Å². The third-order valence-electron chi connectivity index (χ3n) is 3.52. The molecule has 0 unspecified atom stereocenters. The third kappa shape index (κ3) is 5.27. The number of hydrogen-bond donors (Lipinski definition) is 0. The maximum atomic E-state index is 4.80. The maximum Gasteiger partial charge on any atom is 0.225 e. The van der Waals surface area contributed by atoms with Crippen LogP contribution in [0.4, 0.5) is 5.95 Å². The van der Waals surface area contributed by atoms with Gasteiger partial charge in [-0.1, -0.05) is 0 Å². The van der Waals surface area contributed by atoms with Crippen molar-refractivity contribution >= 4 is 63.4 Å². The van der Waals surface area contributed by atoms with E-state index in [-0.39, 0.29) is 34.0 Å². The van der Waals surface area contributed by atoms with Crippen molar-refractivity contribution in [3.8, 4) is 0 Å². The first-order valence-electron chi connectivity index (χ1n) is 6.82. The van der Waals surface area contributed by atoms with Gasteiger partial charge in [0.15, 0.2) is 0 Å². The summed E-state index contributed by atoms with van der Waals surface area (Å²) in [7, 11) is 2.17. The Morgan fingerprint density at radius 2 is 1.76 bits per heavy atom. The summed E-state index contributed by atoms with van der Waals surface area (Å²) < 4.78 is 0.503. The van der Waals surface area contributed by atoms with E-state index in [4.69, 9.17) is 4.98 Å². The Hall–Kier alpha value is 0.500. The van der Waals surface area contributed by atoms with Crippen LogP contribution < -0.4 is 4.90 Å². The first-order chi connectivity index (χ1) is 9.33. The van der Waals surface area contributed by atoms with E-state index in [2.05, 4.69) is 27.9 Å². The molecule has 4 nitrogen and oxygen atoms in total. The third-order valence-corrected chi connectivity index (χ3v) is 6.47. The van der Waals surface area contributed by atoms with Crippen LogP contribution in [0.15, 0.2) is 12.3 Å². The molecule has 0 N–H and O–H groups in total. The molecule has 0 saturated carbocycles. The summed E-state index contributed by atoms with van der Waals surface area (Å²) in [5, 5.41) is 0. The van der Waals surface area contributed by atoms with Crippen molar-refractivity contribution in [1.82, 2.24) is 14.9 Å². The van der Waals surface area contributed by atoms with Crippen molar-refractivity contribution in [2.75, 3.05) is 49.6 Å². The van der Waals surface area contributed by atoms with Gasteiger partial charge in [0.25, 0.3) is 0 Å². The van der Waals surface area contributed by atoms with Crippen LogP contribution in [-0.4, -0.2) is 59.6 Å². The molecule has 1 aromatic rings. The van der Waals surface area contributed by atoms with Crippen molar-refractivity contribution < 1.29 is 0 Å². The van der Waals surface area contributed by atoms with Crippen LogP contribution in [0.5, 0.6) is 0 Å². The van der Waals surface area contributed by atoms with E-state index in [1.807, 2.05) is 29.7 Å². The molecule has 3 heterocycles. The number of halogens is 2. The number of piperazine rings is 1. The molecular formula is C13H22Br2N4S2. The molecule has 0 amide bonds. The highest BCUT2D eigenvalue weighted by molar-refractivity contribution is 8.93. The zero-order valence-electron chi connectivity index (χ0n) is 12.1. The van der Waals surface area contributed by atoms with Crippen molar-refractivity contribution in [2.45, 2.75) is 11.0 Å². The standard InChI is InChI=1S/C13H20N4S2.2BrH/c1-16-5-7-17(8-6-16)13-14-4-3-11(15-13)12-18-9-2-10-19-12;;/h3-4,12H,2,5-10H2,1H3;2*1H. The molecule has 120 valence electrons. The van der Waals surface area contributed by atoms with Gasteiger partial charge in [-0.05, 0) is 31.0 Å². The molecule has 0 bridgehead atoms. The maximum absolute atomic E-state index is 4.80. The van der Waals surface area contributed by atoms with E-state index in [0.717, 1.165) is 32.1 Å². The Morgan fingerprint density at radius 3 is 2.43 bits per heavy atom. The Kier molecular flexibility index (Phi) is 8.93. The smallest absolute Gasteiger partial charge is 0.225 e. The Morgan fingerprint density at radius 1 is 1.10 bits per heavy atom. The highest BCUT2D eigenvalue weighted by atomic mass is 79.9. The van der Waals surface area contributed by atoms with Crippen LogP contribution in [0.25, 0.3) is 0 Å². The van der Waals surface area contributed by atoms with Crippen molar-refractivity contribution in [1.29, 1.82) is 0 Å². The lowest BCUT2D eigenvalue weighted by Gasteiger charge is -2.32. The normalized spacial score (nSPS) is 20.5. The van der Waals surface area contributed by atoms with Crippen molar-refractivity contribution in [2.24, 2.45) is 0 Å². The average molecular weight is 458 g/mol. The van der Waals surface area contributed by atoms with Gasteiger partial charge in [-0.15, -0.1) is 57.5 Å². The predicted octanol–water partition coefficient (Wildman–Crippen LogP) is 3.25. The fourth-order valence-corrected chi connectivity index (χ4v) is 5.11. The summed E-state index contributed by atoms with van der Waals surface area (Å²) in [6, 6.07) is 2.08. The molecule has 1 aromatic heterocycles. The molecule has 0 radical (unpaired) electrons. The molecule has 2 fully saturated rings. The summed E-state index contributed by atoms with van der Waals surface area (Å²) in [6.45, 7) is 4.26. The van der Waals surface area contributed by atoms with Crippen LogP contribution in [0.2, 0.25) is 0 Å². The lowest BCUT2D eigenvalue weighted by atomic mass is 10.3. The molecular weight excluding hydrogens is 436 g/mol. The van der Waals surface area contributed by atoms with Gasteiger partial charge in [-0.3, -0.25) is 0 Å². The second-order valence-electron chi connectivity index (χ2n) is 5.00. The number of likely N-dealkylation sites (N-methyl/N-ethyl adjacent to an activating group) is 1. The fraction of sp³-hybridized carbons (Fsp3) is 0.692. The second-order valence-corrected chi connectivity index (χ2v) is 7.72. The second kappa shape index (κ2) is 9.60. The molecule has 2 aliphatic heterocycles.